The number of imide groups is 1. The highest BCUT2D eigenvalue weighted by molar-refractivity contribution is 9.10. The van der Waals surface area contributed by atoms with E-state index in [1.807, 2.05) is 67.0 Å². The number of hydrogen-bond acceptors (Lipinski definition) is 4. The van der Waals surface area contributed by atoms with E-state index in [9.17, 15) is 9.59 Å². The standard InChI is InChI=1S/C21H15BrN2O2S/c1-23(15-8-3-2-4-9-15)19-18(17-11-6-12-27-17)20(25)24(21(19)26)16-10-5-7-14(22)13-16/h2-13H,1H3. The fraction of sp³-hybridized carbons (Fsp3) is 0.0476. The minimum atomic E-state index is -0.326. The molecule has 2 aromatic carbocycles. The number of carbonyl (C=O) groups excluding carboxylic acids is 2. The summed E-state index contributed by atoms with van der Waals surface area (Å²) in [5.74, 6) is -0.633. The van der Waals surface area contributed by atoms with Gasteiger partial charge in [-0.15, -0.1) is 11.3 Å². The molecule has 4 nitrogen and oxygen atoms in total. The van der Waals surface area contributed by atoms with Crippen molar-refractivity contribution in [2.45, 2.75) is 0 Å². The van der Waals surface area contributed by atoms with Gasteiger partial charge in [0.25, 0.3) is 11.8 Å². The van der Waals surface area contributed by atoms with E-state index in [-0.39, 0.29) is 11.8 Å². The van der Waals surface area contributed by atoms with Gasteiger partial charge in [-0.2, -0.15) is 0 Å². The van der Waals surface area contributed by atoms with Crippen LogP contribution in [0.25, 0.3) is 5.57 Å². The monoisotopic (exact) mass is 438 g/mol. The first-order valence-electron chi connectivity index (χ1n) is 8.29. The Morgan fingerprint density at radius 1 is 0.926 bits per heavy atom. The van der Waals surface area contributed by atoms with Gasteiger partial charge in [-0.25, -0.2) is 4.90 Å². The molecule has 2 heterocycles. The maximum Gasteiger partial charge on any atom is 0.282 e. The van der Waals surface area contributed by atoms with Gasteiger partial charge in [0.2, 0.25) is 0 Å². The van der Waals surface area contributed by atoms with Crippen molar-refractivity contribution in [3.8, 4) is 0 Å². The Hall–Kier alpha value is -2.70. The van der Waals surface area contributed by atoms with E-state index in [4.69, 9.17) is 0 Å². The third-order valence-corrected chi connectivity index (χ3v) is 5.75. The van der Waals surface area contributed by atoms with E-state index in [2.05, 4.69) is 15.9 Å². The van der Waals surface area contributed by atoms with E-state index in [0.29, 0.717) is 17.0 Å². The summed E-state index contributed by atoms with van der Waals surface area (Å²) >= 11 is 4.86. The van der Waals surface area contributed by atoms with E-state index in [1.165, 1.54) is 16.2 Å². The zero-order valence-corrected chi connectivity index (χ0v) is 16.8. The number of likely N-dealkylation sites (N-methyl/N-ethyl adjacent to an activating group) is 1. The molecule has 0 fully saturated rings. The van der Waals surface area contributed by atoms with Crippen LogP contribution in [0, 0.1) is 0 Å². The Bertz CT molecular complexity index is 1050. The highest BCUT2D eigenvalue weighted by Crippen LogP contribution is 2.37. The van der Waals surface area contributed by atoms with Crippen molar-refractivity contribution in [2.24, 2.45) is 0 Å². The van der Waals surface area contributed by atoms with Crippen LogP contribution in [0.1, 0.15) is 4.88 Å². The molecule has 0 saturated carbocycles. The SMILES string of the molecule is CN(C1=C(c2cccs2)C(=O)N(c2cccc(Br)c2)C1=O)c1ccccc1. The van der Waals surface area contributed by atoms with Crippen molar-refractivity contribution in [1.82, 2.24) is 0 Å². The van der Waals surface area contributed by atoms with E-state index in [1.54, 1.807) is 17.0 Å². The van der Waals surface area contributed by atoms with Crippen LogP contribution in [0.2, 0.25) is 0 Å². The zero-order valence-electron chi connectivity index (χ0n) is 14.4. The topological polar surface area (TPSA) is 40.6 Å². The van der Waals surface area contributed by atoms with Crippen molar-refractivity contribution < 1.29 is 9.59 Å². The molecule has 2 amide bonds. The molecule has 0 N–H and O–H groups in total. The molecule has 27 heavy (non-hydrogen) atoms. The maximum absolute atomic E-state index is 13.3. The number of para-hydroxylation sites is 1. The molecular weight excluding hydrogens is 424 g/mol. The molecule has 4 rings (SSSR count). The van der Waals surface area contributed by atoms with Crippen LogP contribution in [0.3, 0.4) is 0 Å². The molecule has 1 aromatic heterocycles. The van der Waals surface area contributed by atoms with Crippen molar-refractivity contribution >= 4 is 56.0 Å². The van der Waals surface area contributed by atoms with Crippen LogP contribution in [-0.4, -0.2) is 18.9 Å². The molecule has 0 aliphatic carbocycles. The first-order valence-corrected chi connectivity index (χ1v) is 9.96. The van der Waals surface area contributed by atoms with Crippen LogP contribution in [0.5, 0.6) is 0 Å². The highest BCUT2D eigenvalue weighted by atomic mass is 79.9. The van der Waals surface area contributed by atoms with Gasteiger partial charge in [-0.05, 0) is 41.8 Å². The average Bonchev–Trinajstić information content (AvgIpc) is 3.28. The predicted molar refractivity (Wildman–Crippen MR) is 113 cm³/mol. The van der Waals surface area contributed by atoms with Crippen molar-refractivity contribution in [3.05, 3.63) is 87.2 Å². The molecule has 6 heteroatoms. The molecule has 1 aliphatic heterocycles. The number of rotatable bonds is 4. The van der Waals surface area contributed by atoms with Gasteiger partial charge >= 0.3 is 0 Å². The Labute approximate surface area is 169 Å². The Balaban J connectivity index is 1.86. The number of carbonyl (C=O) groups is 2. The van der Waals surface area contributed by atoms with Gasteiger partial charge in [-0.3, -0.25) is 9.59 Å². The first-order chi connectivity index (χ1) is 13.1. The number of nitrogens with zero attached hydrogens (tertiary/aromatic N) is 2. The molecule has 0 spiro atoms. The Morgan fingerprint density at radius 3 is 2.37 bits per heavy atom. The molecule has 3 aromatic rings. The minimum absolute atomic E-state index is 0.307. The van der Waals surface area contributed by atoms with E-state index >= 15 is 0 Å². The van der Waals surface area contributed by atoms with Gasteiger partial charge in [0.05, 0.1) is 11.3 Å². The van der Waals surface area contributed by atoms with Crippen LogP contribution >= 0.6 is 27.3 Å². The molecule has 0 radical (unpaired) electrons. The molecule has 0 unspecified atom stereocenters. The molecular formula is C21H15BrN2O2S. The summed E-state index contributed by atoms with van der Waals surface area (Å²) in [5.41, 5.74) is 2.21. The predicted octanol–water partition coefficient (Wildman–Crippen LogP) is 4.93. The summed E-state index contributed by atoms with van der Waals surface area (Å²) in [7, 11) is 1.81. The van der Waals surface area contributed by atoms with Crippen LogP contribution < -0.4 is 9.80 Å². The third-order valence-electron chi connectivity index (χ3n) is 4.37. The molecule has 1 aliphatic rings. The van der Waals surface area contributed by atoms with Gasteiger partial charge in [-0.1, -0.05) is 46.3 Å². The number of thiophene rings is 1. The Morgan fingerprint density at radius 2 is 1.70 bits per heavy atom. The van der Waals surface area contributed by atoms with Gasteiger partial charge < -0.3 is 4.90 Å². The number of anilines is 2. The summed E-state index contributed by atoms with van der Waals surface area (Å²) < 4.78 is 0.808. The number of benzene rings is 2. The number of hydrogen-bond donors (Lipinski definition) is 0. The minimum Gasteiger partial charge on any atom is -0.339 e. The fourth-order valence-electron chi connectivity index (χ4n) is 3.10. The van der Waals surface area contributed by atoms with Gasteiger partial charge in [0.15, 0.2) is 0 Å². The second-order valence-corrected chi connectivity index (χ2v) is 7.88. The lowest BCUT2D eigenvalue weighted by molar-refractivity contribution is -0.120. The first kappa shape index (κ1) is 17.7. The summed E-state index contributed by atoms with van der Waals surface area (Å²) in [6.45, 7) is 0. The van der Waals surface area contributed by atoms with Gasteiger partial charge in [0, 0.05) is 22.1 Å². The highest BCUT2D eigenvalue weighted by Gasteiger charge is 2.42. The van der Waals surface area contributed by atoms with Crippen molar-refractivity contribution in [2.75, 3.05) is 16.8 Å². The second-order valence-electron chi connectivity index (χ2n) is 6.02. The lowest BCUT2D eigenvalue weighted by Crippen LogP contribution is -2.34. The van der Waals surface area contributed by atoms with Crippen LogP contribution in [0.15, 0.2) is 82.3 Å². The van der Waals surface area contributed by atoms with Crippen molar-refractivity contribution in [1.29, 1.82) is 0 Å². The summed E-state index contributed by atoms with van der Waals surface area (Å²) in [6.07, 6.45) is 0. The van der Waals surface area contributed by atoms with E-state index in [0.717, 1.165) is 15.0 Å². The zero-order chi connectivity index (χ0) is 19.0. The number of halogens is 1. The molecule has 0 saturated heterocycles. The average molecular weight is 439 g/mol. The molecule has 134 valence electrons. The second kappa shape index (κ2) is 7.13. The van der Waals surface area contributed by atoms with Crippen LogP contribution in [0.4, 0.5) is 11.4 Å². The lowest BCUT2D eigenvalue weighted by Gasteiger charge is -2.21. The largest absolute Gasteiger partial charge is 0.339 e. The normalized spacial score (nSPS) is 14.2. The smallest absolute Gasteiger partial charge is 0.282 e. The van der Waals surface area contributed by atoms with Crippen molar-refractivity contribution in [3.63, 3.8) is 0 Å². The quantitative estimate of drug-likeness (QED) is 0.542. The molecule has 0 bridgehead atoms. The summed E-state index contributed by atoms with van der Waals surface area (Å²) in [6, 6.07) is 20.5. The van der Waals surface area contributed by atoms with E-state index < -0.39 is 0 Å². The lowest BCUT2D eigenvalue weighted by atomic mass is 10.1. The summed E-state index contributed by atoms with van der Waals surface area (Å²) in [5, 5.41) is 1.90. The Kier molecular flexibility index (Phi) is 4.68. The summed E-state index contributed by atoms with van der Waals surface area (Å²) in [4.78, 5) is 30.4. The maximum atomic E-state index is 13.3. The third kappa shape index (κ3) is 3.11. The molecule has 0 atom stereocenters. The fourth-order valence-corrected chi connectivity index (χ4v) is 4.25. The number of amides is 2. The van der Waals surface area contributed by atoms with Crippen LogP contribution in [-0.2, 0) is 9.59 Å². The van der Waals surface area contributed by atoms with Gasteiger partial charge in [0.1, 0.15) is 5.70 Å².